The second kappa shape index (κ2) is 22.9. The van der Waals surface area contributed by atoms with Gasteiger partial charge in [0.15, 0.2) is 0 Å². The number of hydrogen-bond acceptors (Lipinski definition) is 6. The van der Waals surface area contributed by atoms with Gasteiger partial charge in [-0.15, -0.1) is 0 Å². The zero-order valence-electron chi connectivity index (χ0n) is 6.44. The van der Waals surface area contributed by atoms with Crippen molar-refractivity contribution < 1.29 is 28.7 Å². The van der Waals surface area contributed by atoms with Crippen LogP contribution in [0.5, 0.6) is 0 Å². The molecular weight excluding hydrogens is 168 g/mol. The smallest absolute Gasteiger partial charge is 0.373 e. The number of hydrogen-bond donors (Lipinski definition) is 0. The molecule has 0 aliphatic rings. The van der Waals surface area contributed by atoms with Crippen molar-refractivity contribution in [3.05, 3.63) is 0 Å². The Morgan fingerprint density at radius 2 is 1.83 bits per heavy atom. The molecule has 0 aliphatic carbocycles. The molecule has 6 heteroatoms. The van der Waals surface area contributed by atoms with Crippen molar-refractivity contribution in [2.75, 3.05) is 6.61 Å². The number of carbonyl (C=O) groups excluding carboxylic acids is 5. The fourth-order valence-corrected chi connectivity index (χ4v) is 0.176. The van der Waals surface area contributed by atoms with E-state index in [4.69, 9.17) is 14.4 Å². The zero-order valence-corrected chi connectivity index (χ0v) is 6.44. The maximum atomic E-state index is 9.82. The summed E-state index contributed by atoms with van der Waals surface area (Å²) in [5, 5.41) is 0. The van der Waals surface area contributed by atoms with Crippen molar-refractivity contribution in [1.29, 1.82) is 0 Å². The summed E-state index contributed by atoms with van der Waals surface area (Å²) in [5.41, 5.74) is 0. The molecule has 0 bridgehead atoms. The zero-order chi connectivity index (χ0) is 10.4. The number of esters is 1. The highest BCUT2D eigenvalue weighted by Gasteiger charge is 1.91. The molecule has 0 aromatic carbocycles. The molecule has 0 unspecified atom stereocenters. The van der Waals surface area contributed by atoms with E-state index in [9.17, 15) is 9.59 Å². The number of ether oxygens (including phenoxy) is 1. The lowest BCUT2D eigenvalue weighted by molar-refractivity contribution is -0.191. The van der Waals surface area contributed by atoms with E-state index in [-0.39, 0.29) is 19.0 Å². The van der Waals surface area contributed by atoms with E-state index < -0.39 is 5.97 Å². The molecular formula is C6H8O6. The minimum atomic E-state index is -0.803. The standard InChI is InChI=1S/C4H6O3.CO2.CH2O/c1-2-7-4(6)3-5;2-1-3;1-2/h3H,2H2,1H3;;1H2. The van der Waals surface area contributed by atoms with Crippen LogP contribution in [0.4, 0.5) is 0 Å². The average molecular weight is 176 g/mol. The van der Waals surface area contributed by atoms with E-state index in [2.05, 4.69) is 4.74 Å². The van der Waals surface area contributed by atoms with Crippen molar-refractivity contribution in [2.45, 2.75) is 6.92 Å². The van der Waals surface area contributed by atoms with Gasteiger partial charge in [-0.05, 0) is 6.92 Å². The Hall–Kier alpha value is -1.81. The molecule has 68 valence electrons. The summed E-state index contributed by atoms with van der Waals surface area (Å²) < 4.78 is 4.18. The third-order valence-corrected chi connectivity index (χ3v) is 0.383. The second-order valence-corrected chi connectivity index (χ2v) is 0.953. The van der Waals surface area contributed by atoms with Gasteiger partial charge in [0.05, 0.1) is 6.61 Å². The van der Waals surface area contributed by atoms with Crippen LogP contribution in [0, 0.1) is 0 Å². The van der Waals surface area contributed by atoms with E-state index in [1.54, 1.807) is 6.92 Å². The number of aldehydes is 1. The lowest BCUT2D eigenvalue weighted by Crippen LogP contribution is -2.03. The molecule has 0 spiro atoms. The Kier molecular flexibility index (Phi) is 31.7. The molecule has 0 amide bonds. The Balaban J connectivity index is -0.000000137. The Bertz CT molecular complexity index is 146. The van der Waals surface area contributed by atoms with Crippen molar-refractivity contribution >= 4 is 25.2 Å². The minimum Gasteiger partial charge on any atom is -0.460 e. The van der Waals surface area contributed by atoms with Crippen LogP contribution in [0.1, 0.15) is 6.92 Å². The van der Waals surface area contributed by atoms with Gasteiger partial charge in [-0.25, -0.2) is 4.79 Å². The molecule has 0 rings (SSSR count). The van der Waals surface area contributed by atoms with Crippen molar-refractivity contribution in [2.24, 2.45) is 0 Å². The first kappa shape index (κ1) is 16.6. The van der Waals surface area contributed by atoms with Crippen LogP contribution >= 0.6 is 0 Å². The molecule has 0 aromatic heterocycles. The lowest BCUT2D eigenvalue weighted by atomic mass is 10.7. The third kappa shape index (κ3) is 41.6. The molecule has 0 aromatic rings. The molecule has 0 fully saturated rings. The highest BCUT2D eigenvalue weighted by atomic mass is 16.5. The van der Waals surface area contributed by atoms with Crippen LogP contribution in [0.15, 0.2) is 0 Å². The molecule has 0 aliphatic heterocycles. The number of rotatable bonds is 2. The molecule has 0 saturated carbocycles. The SMILES string of the molecule is C=O.CCOC(=O)C=O.O=C=O. The van der Waals surface area contributed by atoms with Crippen molar-refractivity contribution in [3.63, 3.8) is 0 Å². The fourth-order valence-electron chi connectivity index (χ4n) is 0.176. The van der Waals surface area contributed by atoms with Gasteiger partial charge in [-0.1, -0.05) is 0 Å². The summed E-state index contributed by atoms with van der Waals surface area (Å²) in [6.07, 6.45) is 0.392. The summed E-state index contributed by atoms with van der Waals surface area (Å²) in [5.74, 6) is -0.803. The predicted molar refractivity (Wildman–Crippen MR) is 34.8 cm³/mol. The van der Waals surface area contributed by atoms with Crippen LogP contribution in [-0.2, 0) is 28.7 Å². The van der Waals surface area contributed by atoms with Gasteiger partial charge >= 0.3 is 12.1 Å². The van der Waals surface area contributed by atoms with Crippen LogP contribution in [-0.4, -0.2) is 31.8 Å². The van der Waals surface area contributed by atoms with Gasteiger partial charge in [0.1, 0.15) is 6.79 Å². The normalized spacial score (nSPS) is 5.42. The maximum Gasteiger partial charge on any atom is 0.373 e. The molecule has 0 atom stereocenters. The first-order chi connectivity index (χ1) is 5.72. The van der Waals surface area contributed by atoms with Crippen LogP contribution in [0.3, 0.4) is 0 Å². The van der Waals surface area contributed by atoms with Crippen LogP contribution < -0.4 is 0 Å². The summed E-state index contributed by atoms with van der Waals surface area (Å²) in [7, 11) is 0. The van der Waals surface area contributed by atoms with Crippen molar-refractivity contribution in [1.82, 2.24) is 0 Å². The minimum absolute atomic E-state index is 0.142. The summed E-state index contributed by atoms with van der Waals surface area (Å²) in [4.78, 5) is 43.5. The summed E-state index contributed by atoms with van der Waals surface area (Å²) >= 11 is 0. The number of carbonyl (C=O) groups is 3. The molecule has 12 heavy (non-hydrogen) atoms. The largest absolute Gasteiger partial charge is 0.460 e. The predicted octanol–water partition coefficient (Wildman–Crippen LogP) is -1.02. The van der Waals surface area contributed by atoms with E-state index >= 15 is 0 Å². The maximum absolute atomic E-state index is 9.82. The van der Waals surface area contributed by atoms with Crippen molar-refractivity contribution in [3.8, 4) is 0 Å². The average Bonchev–Trinajstić information content (AvgIpc) is 2.10. The van der Waals surface area contributed by atoms with E-state index in [0.29, 0.717) is 0 Å². The van der Waals surface area contributed by atoms with Crippen LogP contribution in [0.25, 0.3) is 0 Å². The highest BCUT2D eigenvalue weighted by Crippen LogP contribution is 1.68. The quantitative estimate of drug-likeness (QED) is 0.303. The Morgan fingerprint density at radius 1 is 1.50 bits per heavy atom. The van der Waals surface area contributed by atoms with E-state index in [0.717, 1.165) is 0 Å². The monoisotopic (exact) mass is 176 g/mol. The molecule has 0 saturated heterocycles. The molecule has 6 nitrogen and oxygen atoms in total. The van der Waals surface area contributed by atoms with Gasteiger partial charge in [0, 0.05) is 0 Å². The first-order valence-corrected chi connectivity index (χ1v) is 2.63. The Labute approximate surface area is 68.5 Å². The lowest BCUT2D eigenvalue weighted by Gasteiger charge is -1.88. The van der Waals surface area contributed by atoms with Gasteiger partial charge in [0.25, 0.3) is 0 Å². The van der Waals surface area contributed by atoms with Crippen LogP contribution in [0.2, 0.25) is 0 Å². The van der Waals surface area contributed by atoms with Gasteiger partial charge < -0.3 is 9.53 Å². The summed E-state index contributed by atoms with van der Waals surface area (Å²) in [6, 6.07) is 0. The second-order valence-electron chi connectivity index (χ2n) is 0.953. The molecule has 0 N–H and O–H groups in total. The van der Waals surface area contributed by atoms with Gasteiger partial charge in [0.2, 0.25) is 6.29 Å². The summed E-state index contributed by atoms with van der Waals surface area (Å²) in [6.45, 7) is 3.90. The third-order valence-electron chi connectivity index (χ3n) is 0.383. The van der Waals surface area contributed by atoms with E-state index in [1.165, 1.54) is 0 Å². The molecule has 0 heterocycles. The van der Waals surface area contributed by atoms with Gasteiger partial charge in [-0.2, -0.15) is 9.59 Å². The van der Waals surface area contributed by atoms with Gasteiger partial charge in [-0.3, -0.25) is 4.79 Å². The molecule has 0 radical (unpaired) electrons. The fraction of sp³-hybridized carbons (Fsp3) is 0.333. The Morgan fingerprint density at radius 3 is 1.92 bits per heavy atom. The highest BCUT2D eigenvalue weighted by molar-refractivity contribution is 6.20. The first-order valence-electron chi connectivity index (χ1n) is 2.63. The topological polar surface area (TPSA) is 94.6 Å². The van der Waals surface area contributed by atoms with E-state index in [1.807, 2.05) is 6.79 Å².